The molecule has 1 N–H and O–H groups in total. The van der Waals surface area contributed by atoms with Gasteiger partial charge in [-0.2, -0.15) is 0 Å². The summed E-state index contributed by atoms with van der Waals surface area (Å²) >= 11 is 0. The highest BCUT2D eigenvalue weighted by Crippen LogP contribution is 2.10. The predicted octanol–water partition coefficient (Wildman–Crippen LogP) is 3.73. The van der Waals surface area contributed by atoms with E-state index in [2.05, 4.69) is 66.8 Å². The predicted molar refractivity (Wildman–Crippen MR) is 69.7 cm³/mol. The highest BCUT2D eigenvalue weighted by atomic mass is 14.9. The van der Waals surface area contributed by atoms with Crippen LogP contribution in [0.3, 0.4) is 0 Å². The van der Waals surface area contributed by atoms with Crippen LogP contribution >= 0.6 is 0 Å². The second-order valence-corrected chi connectivity index (χ2v) is 4.10. The fourth-order valence-electron chi connectivity index (χ4n) is 1.84. The van der Waals surface area contributed by atoms with Gasteiger partial charge in [-0.25, -0.2) is 0 Å². The van der Waals surface area contributed by atoms with Gasteiger partial charge in [-0.05, 0) is 31.0 Å². The summed E-state index contributed by atoms with van der Waals surface area (Å²) in [4.78, 5) is 0. The average Bonchev–Trinajstić information content (AvgIpc) is 2.31. The molecule has 0 aliphatic heterocycles. The first-order valence-corrected chi connectivity index (χ1v) is 5.70. The van der Waals surface area contributed by atoms with Crippen LogP contribution in [-0.4, -0.2) is 6.04 Å². The minimum absolute atomic E-state index is 0.449. The van der Waals surface area contributed by atoms with Gasteiger partial charge in [0.15, 0.2) is 0 Å². The van der Waals surface area contributed by atoms with Gasteiger partial charge in [-0.15, -0.1) is 0 Å². The van der Waals surface area contributed by atoms with Crippen LogP contribution in [0.5, 0.6) is 0 Å². The molecule has 0 unspecified atom stereocenters. The maximum absolute atomic E-state index is 3.49. The lowest BCUT2D eigenvalue weighted by atomic mass is 10.1. The van der Waals surface area contributed by atoms with Gasteiger partial charge in [0.1, 0.15) is 0 Å². The third-order valence-corrected chi connectivity index (χ3v) is 2.57. The van der Waals surface area contributed by atoms with Crippen molar-refractivity contribution in [3.63, 3.8) is 0 Å². The summed E-state index contributed by atoms with van der Waals surface area (Å²) in [6.45, 7) is 2.21. The minimum Gasteiger partial charge on any atom is -0.382 e. The summed E-state index contributed by atoms with van der Waals surface area (Å²) in [6, 6.07) is 21.4. The van der Waals surface area contributed by atoms with E-state index in [1.54, 1.807) is 0 Å². The average molecular weight is 211 g/mol. The highest BCUT2D eigenvalue weighted by molar-refractivity contribution is 5.43. The third kappa shape index (κ3) is 3.13. The quantitative estimate of drug-likeness (QED) is 0.812. The smallest absolute Gasteiger partial charge is 0.0342 e. The Morgan fingerprint density at radius 3 is 2.06 bits per heavy atom. The van der Waals surface area contributed by atoms with E-state index in [0.29, 0.717) is 6.04 Å². The van der Waals surface area contributed by atoms with E-state index >= 15 is 0 Å². The highest BCUT2D eigenvalue weighted by Gasteiger charge is 2.02. The Morgan fingerprint density at radius 1 is 0.875 bits per heavy atom. The molecule has 2 aromatic rings. The van der Waals surface area contributed by atoms with Crippen molar-refractivity contribution in [3.8, 4) is 0 Å². The minimum atomic E-state index is 0.449. The summed E-state index contributed by atoms with van der Waals surface area (Å²) in [5.74, 6) is 0. The number of para-hydroxylation sites is 1. The van der Waals surface area contributed by atoms with E-state index < -0.39 is 0 Å². The van der Waals surface area contributed by atoms with Crippen LogP contribution < -0.4 is 5.32 Å². The Morgan fingerprint density at radius 2 is 1.44 bits per heavy atom. The van der Waals surface area contributed by atoms with Crippen molar-refractivity contribution >= 4 is 5.69 Å². The molecule has 0 aromatic heterocycles. The molecule has 0 bridgehead atoms. The van der Waals surface area contributed by atoms with Gasteiger partial charge in [0.2, 0.25) is 0 Å². The topological polar surface area (TPSA) is 12.0 Å². The first-order chi connectivity index (χ1) is 7.84. The number of anilines is 1. The van der Waals surface area contributed by atoms with Crippen LogP contribution in [0.4, 0.5) is 5.69 Å². The maximum Gasteiger partial charge on any atom is 0.0342 e. The normalized spacial score (nSPS) is 12.1. The third-order valence-electron chi connectivity index (χ3n) is 2.57. The molecule has 0 heterocycles. The number of hydrogen-bond acceptors (Lipinski definition) is 1. The van der Waals surface area contributed by atoms with Crippen LogP contribution in [0.2, 0.25) is 0 Å². The first kappa shape index (κ1) is 10.7. The Balaban J connectivity index is 1.92. The summed E-state index contributed by atoms with van der Waals surface area (Å²) < 4.78 is 0. The van der Waals surface area contributed by atoms with Gasteiger partial charge in [0, 0.05) is 11.7 Å². The lowest BCUT2D eigenvalue weighted by Gasteiger charge is -2.15. The van der Waals surface area contributed by atoms with Gasteiger partial charge in [0.25, 0.3) is 0 Å². The largest absolute Gasteiger partial charge is 0.382 e. The molecule has 0 fully saturated rings. The van der Waals surface area contributed by atoms with E-state index in [9.17, 15) is 0 Å². The molecule has 0 aliphatic rings. The maximum atomic E-state index is 3.49. The molecule has 0 saturated carbocycles. The zero-order valence-corrected chi connectivity index (χ0v) is 9.56. The Labute approximate surface area is 97.1 Å². The molecule has 16 heavy (non-hydrogen) atoms. The van der Waals surface area contributed by atoms with Crippen molar-refractivity contribution in [2.75, 3.05) is 5.32 Å². The summed E-state index contributed by atoms with van der Waals surface area (Å²) in [5, 5.41) is 3.49. The summed E-state index contributed by atoms with van der Waals surface area (Å²) in [7, 11) is 0. The van der Waals surface area contributed by atoms with Gasteiger partial charge < -0.3 is 5.32 Å². The molecular weight excluding hydrogens is 194 g/mol. The lowest BCUT2D eigenvalue weighted by molar-refractivity contribution is 0.790. The van der Waals surface area contributed by atoms with Crippen LogP contribution in [0.1, 0.15) is 12.5 Å². The van der Waals surface area contributed by atoms with Gasteiger partial charge in [-0.1, -0.05) is 48.5 Å². The molecule has 1 heteroatoms. The van der Waals surface area contributed by atoms with Crippen molar-refractivity contribution in [1.82, 2.24) is 0 Å². The standard InChI is InChI=1S/C15H17N/c1-13(12-14-8-4-2-5-9-14)16-15-10-6-3-7-11-15/h2-11,13,16H,12H2,1H3/t13-/m1/s1. The molecule has 2 rings (SSSR count). The molecule has 0 saturated heterocycles. The molecule has 1 nitrogen and oxygen atoms in total. The zero-order valence-electron chi connectivity index (χ0n) is 9.56. The molecule has 0 spiro atoms. The number of nitrogens with one attached hydrogen (secondary N) is 1. The summed E-state index contributed by atoms with van der Waals surface area (Å²) in [6.07, 6.45) is 1.05. The van der Waals surface area contributed by atoms with Crippen molar-refractivity contribution < 1.29 is 0 Å². The van der Waals surface area contributed by atoms with Crippen LogP contribution in [0, 0.1) is 0 Å². The fourth-order valence-corrected chi connectivity index (χ4v) is 1.84. The zero-order chi connectivity index (χ0) is 11.2. The van der Waals surface area contributed by atoms with Gasteiger partial charge in [0.05, 0.1) is 0 Å². The van der Waals surface area contributed by atoms with Crippen molar-refractivity contribution in [2.24, 2.45) is 0 Å². The van der Waals surface area contributed by atoms with E-state index in [1.807, 2.05) is 6.07 Å². The number of rotatable bonds is 4. The molecular formula is C15H17N. The van der Waals surface area contributed by atoms with E-state index in [-0.39, 0.29) is 0 Å². The molecule has 0 amide bonds. The van der Waals surface area contributed by atoms with Gasteiger partial charge >= 0.3 is 0 Å². The van der Waals surface area contributed by atoms with E-state index in [4.69, 9.17) is 0 Å². The number of hydrogen-bond donors (Lipinski definition) is 1. The fraction of sp³-hybridized carbons (Fsp3) is 0.200. The Kier molecular flexibility index (Phi) is 3.60. The molecule has 0 radical (unpaired) electrons. The molecule has 0 aliphatic carbocycles. The van der Waals surface area contributed by atoms with E-state index in [1.165, 1.54) is 11.3 Å². The second kappa shape index (κ2) is 5.36. The van der Waals surface area contributed by atoms with E-state index in [0.717, 1.165) is 6.42 Å². The van der Waals surface area contributed by atoms with Crippen LogP contribution in [0.25, 0.3) is 0 Å². The second-order valence-electron chi connectivity index (χ2n) is 4.10. The number of benzene rings is 2. The Hall–Kier alpha value is -1.76. The van der Waals surface area contributed by atoms with Crippen molar-refractivity contribution in [3.05, 3.63) is 66.2 Å². The van der Waals surface area contributed by atoms with Crippen molar-refractivity contribution in [1.29, 1.82) is 0 Å². The first-order valence-electron chi connectivity index (χ1n) is 5.70. The van der Waals surface area contributed by atoms with Crippen molar-refractivity contribution in [2.45, 2.75) is 19.4 Å². The van der Waals surface area contributed by atoms with Gasteiger partial charge in [-0.3, -0.25) is 0 Å². The SMILES string of the molecule is C[C@H](Cc1ccccc1)Nc1ccccc1. The lowest BCUT2D eigenvalue weighted by Crippen LogP contribution is -2.17. The molecule has 2 aromatic carbocycles. The monoisotopic (exact) mass is 211 g/mol. The van der Waals surface area contributed by atoms with Crippen LogP contribution in [0.15, 0.2) is 60.7 Å². The molecule has 82 valence electrons. The van der Waals surface area contributed by atoms with Crippen LogP contribution in [-0.2, 0) is 6.42 Å². The summed E-state index contributed by atoms with van der Waals surface area (Å²) in [5.41, 5.74) is 2.56. The Bertz CT molecular complexity index is 366. The molecule has 1 atom stereocenters.